The molecule has 0 bridgehead atoms. The molecule has 0 radical (unpaired) electrons. The van der Waals surface area contributed by atoms with Crippen molar-refractivity contribution in [3.63, 3.8) is 0 Å². The van der Waals surface area contributed by atoms with Gasteiger partial charge in [0, 0.05) is 10.4 Å². The Morgan fingerprint density at radius 1 is 1.16 bits per heavy atom. The summed E-state index contributed by atoms with van der Waals surface area (Å²) in [4.78, 5) is 23.9. The minimum atomic E-state index is -0.603. The molecule has 0 saturated heterocycles. The van der Waals surface area contributed by atoms with Gasteiger partial charge >= 0.3 is 5.97 Å². The first-order chi connectivity index (χ1) is 12.0. The molecule has 25 heavy (non-hydrogen) atoms. The van der Waals surface area contributed by atoms with E-state index in [4.69, 9.17) is 20.8 Å². The number of hydrogen-bond acceptors (Lipinski definition) is 4. The lowest BCUT2D eigenvalue weighted by atomic mass is 10.2. The van der Waals surface area contributed by atoms with Crippen molar-refractivity contribution in [2.45, 2.75) is 13.0 Å². The fraction of sp³-hybridized carbons (Fsp3) is 0.158. The van der Waals surface area contributed by atoms with E-state index in [-0.39, 0.29) is 12.6 Å². The number of para-hydroxylation sites is 1. The lowest BCUT2D eigenvalue weighted by Crippen LogP contribution is -2.31. The second kappa shape index (κ2) is 7.40. The van der Waals surface area contributed by atoms with Gasteiger partial charge in [-0.05, 0) is 37.3 Å². The first-order valence-electron chi connectivity index (χ1n) is 7.73. The summed E-state index contributed by atoms with van der Waals surface area (Å²) in [5.74, 6) is -0.381. The summed E-state index contributed by atoms with van der Waals surface area (Å²) < 4.78 is 10.7. The number of carbonyl (C=O) groups is 2. The Kier molecular flexibility index (Phi) is 5.05. The van der Waals surface area contributed by atoms with Gasteiger partial charge < -0.3 is 14.5 Å². The van der Waals surface area contributed by atoms with Crippen LogP contribution in [0.4, 0.5) is 0 Å². The van der Waals surface area contributed by atoms with Crippen LogP contribution >= 0.6 is 11.6 Å². The largest absolute Gasteiger partial charge is 0.459 e. The number of amides is 1. The second-order valence-electron chi connectivity index (χ2n) is 5.56. The Morgan fingerprint density at radius 2 is 1.96 bits per heavy atom. The minimum absolute atomic E-state index is 0.297. The van der Waals surface area contributed by atoms with E-state index in [0.717, 1.165) is 11.0 Å². The van der Waals surface area contributed by atoms with E-state index in [0.29, 0.717) is 16.3 Å². The SMILES string of the molecule is C[C@@H](NC(=O)COC(=O)c1cccc(Cl)c1)c1cc2ccccc2o1. The van der Waals surface area contributed by atoms with E-state index < -0.39 is 11.9 Å². The summed E-state index contributed by atoms with van der Waals surface area (Å²) in [5.41, 5.74) is 1.05. The number of rotatable bonds is 5. The number of esters is 1. The number of carbonyl (C=O) groups excluding carboxylic acids is 2. The lowest BCUT2D eigenvalue weighted by molar-refractivity contribution is -0.125. The molecule has 0 unspecified atom stereocenters. The molecule has 0 fully saturated rings. The number of benzene rings is 2. The average Bonchev–Trinajstić information content (AvgIpc) is 3.04. The maximum Gasteiger partial charge on any atom is 0.338 e. The van der Waals surface area contributed by atoms with Crippen LogP contribution in [0, 0.1) is 0 Å². The summed E-state index contributed by atoms with van der Waals surface area (Å²) in [7, 11) is 0. The number of halogens is 1. The first-order valence-corrected chi connectivity index (χ1v) is 8.11. The number of nitrogens with one attached hydrogen (secondary N) is 1. The van der Waals surface area contributed by atoms with Gasteiger partial charge in [-0.1, -0.05) is 35.9 Å². The van der Waals surface area contributed by atoms with Crippen molar-refractivity contribution < 1.29 is 18.7 Å². The monoisotopic (exact) mass is 357 g/mol. The van der Waals surface area contributed by atoms with E-state index in [1.807, 2.05) is 30.3 Å². The van der Waals surface area contributed by atoms with Crippen molar-refractivity contribution in [3.8, 4) is 0 Å². The van der Waals surface area contributed by atoms with Crippen LogP contribution in [0.1, 0.15) is 29.1 Å². The van der Waals surface area contributed by atoms with Gasteiger partial charge in [-0.2, -0.15) is 0 Å². The number of hydrogen-bond donors (Lipinski definition) is 1. The lowest BCUT2D eigenvalue weighted by Gasteiger charge is -2.11. The van der Waals surface area contributed by atoms with Crippen LogP contribution in [-0.2, 0) is 9.53 Å². The molecule has 0 aliphatic rings. The van der Waals surface area contributed by atoms with Crippen LogP contribution in [0.2, 0.25) is 5.02 Å². The fourth-order valence-electron chi connectivity index (χ4n) is 2.40. The smallest absolute Gasteiger partial charge is 0.338 e. The predicted molar refractivity (Wildman–Crippen MR) is 94.5 cm³/mol. The standard InChI is InChI=1S/C19H16ClNO4/c1-12(17-10-13-5-2-3-8-16(13)25-17)21-18(22)11-24-19(23)14-6-4-7-15(20)9-14/h2-10,12H,11H2,1H3,(H,21,22)/t12-/m1/s1. The summed E-state index contributed by atoms with van der Waals surface area (Å²) in [6, 6.07) is 15.5. The van der Waals surface area contributed by atoms with Gasteiger partial charge in [-0.3, -0.25) is 4.79 Å². The topological polar surface area (TPSA) is 68.5 Å². The van der Waals surface area contributed by atoms with Gasteiger partial charge in [0.1, 0.15) is 11.3 Å². The predicted octanol–water partition coefficient (Wildman–Crippen LogP) is 4.12. The maximum atomic E-state index is 12.0. The third-order valence-electron chi connectivity index (χ3n) is 3.64. The van der Waals surface area contributed by atoms with Gasteiger partial charge in [0.15, 0.2) is 6.61 Å². The minimum Gasteiger partial charge on any atom is -0.459 e. The number of fused-ring (bicyclic) bond motifs is 1. The molecule has 1 N–H and O–H groups in total. The molecule has 1 heterocycles. The van der Waals surface area contributed by atoms with Gasteiger partial charge in [-0.25, -0.2) is 4.79 Å². The molecule has 0 aliphatic heterocycles. The van der Waals surface area contributed by atoms with Gasteiger partial charge in [0.2, 0.25) is 0 Å². The Labute approximate surface area is 149 Å². The highest BCUT2D eigenvalue weighted by Crippen LogP contribution is 2.23. The quantitative estimate of drug-likeness (QED) is 0.697. The normalized spacial score (nSPS) is 11.9. The molecule has 1 atom stereocenters. The molecule has 0 saturated carbocycles. The summed E-state index contributed by atoms with van der Waals surface area (Å²) in [6.45, 7) is 1.42. The van der Waals surface area contributed by atoms with Crippen molar-refractivity contribution >= 4 is 34.4 Å². The molecule has 1 aromatic heterocycles. The molecule has 0 spiro atoms. The molecule has 3 aromatic rings. The molecule has 128 valence electrons. The van der Waals surface area contributed by atoms with Gasteiger partial charge in [0.25, 0.3) is 5.91 Å². The molecular weight excluding hydrogens is 342 g/mol. The van der Waals surface area contributed by atoms with Crippen molar-refractivity contribution in [1.29, 1.82) is 0 Å². The third-order valence-corrected chi connectivity index (χ3v) is 3.88. The van der Waals surface area contributed by atoms with Crippen molar-refractivity contribution in [2.75, 3.05) is 6.61 Å². The molecule has 3 rings (SSSR count). The van der Waals surface area contributed by atoms with E-state index in [2.05, 4.69) is 5.32 Å². The average molecular weight is 358 g/mol. The zero-order valence-corrected chi connectivity index (χ0v) is 14.2. The maximum absolute atomic E-state index is 12.0. The number of furan rings is 1. The molecule has 0 aliphatic carbocycles. The van der Waals surface area contributed by atoms with E-state index in [1.54, 1.807) is 25.1 Å². The summed E-state index contributed by atoms with van der Waals surface area (Å²) in [6.07, 6.45) is 0. The van der Waals surface area contributed by atoms with Crippen LogP contribution in [0.5, 0.6) is 0 Å². The number of ether oxygens (including phenoxy) is 1. The van der Waals surface area contributed by atoms with Crippen molar-refractivity contribution in [3.05, 3.63) is 70.9 Å². The Morgan fingerprint density at radius 3 is 2.72 bits per heavy atom. The summed E-state index contributed by atoms with van der Waals surface area (Å²) in [5, 5.41) is 4.13. The van der Waals surface area contributed by atoms with Crippen LogP contribution in [0.15, 0.2) is 59.0 Å². The Hall–Kier alpha value is -2.79. The van der Waals surface area contributed by atoms with Crippen LogP contribution in [-0.4, -0.2) is 18.5 Å². The first kappa shape index (κ1) is 17.0. The molecule has 5 nitrogen and oxygen atoms in total. The van der Waals surface area contributed by atoms with Crippen molar-refractivity contribution in [2.24, 2.45) is 0 Å². The van der Waals surface area contributed by atoms with Gasteiger partial charge in [-0.15, -0.1) is 0 Å². The third kappa shape index (κ3) is 4.19. The van der Waals surface area contributed by atoms with Crippen LogP contribution in [0.3, 0.4) is 0 Å². The molecular formula is C19H16ClNO4. The fourth-order valence-corrected chi connectivity index (χ4v) is 2.59. The zero-order valence-electron chi connectivity index (χ0n) is 13.5. The van der Waals surface area contributed by atoms with E-state index in [1.165, 1.54) is 6.07 Å². The second-order valence-corrected chi connectivity index (χ2v) is 6.00. The highest BCUT2D eigenvalue weighted by atomic mass is 35.5. The highest BCUT2D eigenvalue weighted by molar-refractivity contribution is 6.30. The zero-order chi connectivity index (χ0) is 17.8. The Balaban J connectivity index is 1.55. The van der Waals surface area contributed by atoms with E-state index >= 15 is 0 Å². The van der Waals surface area contributed by atoms with Gasteiger partial charge in [0.05, 0.1) is 11.6 Å². The molecule has 6 heteroatoms. The van der Waals surface area contributed by atoms with E-state index in [9.17, 15) is 9.59 Å². The molecule has 2 aromatic carbocycles. The Bertz CT molecular complexity index is 885. The van der Waals surface area contributed by atoms with Crippen molar-refractivity contribution in [1.82, 2.24) is 5.32 Å². The molecule has 1 amide bonds. The summed E-state index contributed by atoms with van der Waals surface area (Å²) >= 11 is 5.82. The van der Waals surface area contributed by atoms with Crippen LogP contribution in [0.25, 0.3) is 11.0 Å². The highest BCUT2D eigenvalue weighted by Gasteiger charge is 2.16. The van der Waals surface area contributed by atoms with Crippen LogP contribution < -0.4 is 5.32 Å².